The number of ether oxygens (including phenoxy) is 2. The second-order valence-electron chi connectivity index (χ2n) is 10.2. The standard InChI is InChI=1S/C33H34N2O5S/c1-5-7-8-16-40-25-11-9-10-23(19-25)29-27(30(36)22-12-14-24(15-13-22)39-6-2)31(37)32(38)35(29)33-34-28-21(4)17-20(3)18-26(28)41-33/h9-15,17-19,29,36H,5-8,16H2,1-4H3/b30-27+. The number of rotatable bonds is 10. The lowest BCUT2D eigenvalue weighted by atomic mass is 9.95. The molecule has 1 saturated heterocycles. The topological polar surface area (TPSA) is 89.0 Å². The van der Waals surface area contributed by atoms with Gasteiger partial charge in [-0.15, -0.1) is 0 Å². The third-order valence-electron chi connectivity index (χ3n) is 7.10. The van der Waals surface area contributed by atoms with E-state index >= 15 is 0 Å². The number of aliphatic hydroxyl groups excluding tert-OH is 1. The molecule has 41 heavy (non-hydrogen) atoms. The second kappa shape index (κ2) is 12.1. The highest BCUT2D eigenvalue weighted by molar-refractivity contribution is 7.22. The Morgan fingerprint density at radius 2 is 1.76 bits per heavy atom. The fourth-order valence-corrected chi connectivity index (χ4v) is 6.32. The molecule has 212 valence electrons. The molecule has 1 atom stereocenters. The molecule has 0 bridgehead atoms. The number of nitrogens with zero attached hydrogens (tertiary/aromatic N) is 2. The van der Waals surface area contributed by atoms with Gasteiger partial charge in [0.15, 0.2) is 5.13 Å². The van der Waals surface area contributed by atoms with Crippen molar-refractivity contribution in [3.63, 3.8) is 0 Å². The number of aryl methyl sites for hydroxylation is 2. The van der Waals surface area contributed by atoms with E-state index in [1.165, 1.54) is 16.2 Å². The number of unbranched alkanes of at least 4 members (excludes halogenated alkanes) is 2. The lowest BCUT2D eigenvalue weighted by molar-refractivity contribution is -0.132. The third-order valence-corrected chi connectivity index (χ3v) is 8.10. The predicted molar refractivity (Wildman–Crippen MR) is 163 cm³/mol. The highest BCUT2D eigenvalue weighted by Gasteiger charge is 2.48. The van der Waals surface area contributed by atoms with Crippen LogP contribution in [0.15, 0.2) is 66.2 Å². The molecule has 1 aliphatic rings. The average Bonchev–Trinajstić information content (AvgIpc) is 3.50. The molecule has 0 aliphatic carbocycles. The Hall–Kier alpha value is -4.17. The zero-order valence-electron chi connectivity index (χ0n) is 23.8. The molecule has 2 heterocycles. The summed E-state index contributed by atoms with van der Waals surface area (Å²) in [5, 5.41) is 11.9. The monoisotopic (exact) mass is 570 g/mol. The van der Waals surface area contributed by atoms with Crippen LogP contribution in [0.4, 0.5) is 5.13 Å². The second-order valence-corrected chi connectivity index (χ2v) is 11.2. The van der Waals surface area contributed by atoms with Gasteiger partial charge in [0.2, 0.25) is 0 Å². The Morgan fingerprint density at radius 3 is 2.49 bits per heavy atom. The molecule has 0 saturated carbocycles. The zero-order chi connectivity index (χ0) is 29.1. The molecule has 0 spiro atoms. The first-order valence-corrected chi connectivity index (χ1v) is 14.8. The van der Waals surface area contributed by atoms with Crippen LogP contribution in [0.3, 0.4) is 0 Å². The molecule has 3 aromatic carbocycles. The molecule has 7 nitrogen and oxygen atoms in total. The van der Waals surface area contributed by atoms with Gasteiger partial charge in [-0.05, 0) is 86.3 Å². The Labute approximate surface area is 244 Å². The van der Waals surface area contributed by atoms with E-state index in [9.17, 15) is 14.7 Å². The number of hydrogen-bond donors (Lipinski definition) is 1. The third kappa shape index (κ3) is 5.70. The van der Waals surface area contributed by atoms with Crippen LogP contribution in [0.25, 0.3) is 16.0 Å². The Kier molecular flexibility index (Phi) is 8.40. The van der Waals surface area contributed by atoms with Gasteiger partial charge in [0.05, 0.1) is 35.0 Å². The molecule has 1 fully saturated rings. The summed E-state index contributed by atoms with van der Waals surface area (Å²) in [7, 11) is 0. The molecular weight excluding hydrogens is 536 g/mol. The fourth-order valence-electron chi connectivity index (χ4n) is 5.15. The molecule has 1 unspecified atom stereocenters. The molecular formula is C33H34N2O5S. The molecule has 4 aromatic rings. The zero-order valence-corrected chi connectivity index (χ0v) is 24.6. The maximum absolute atomic E-state index is 13.7. The average molecular weight is 571 g/mol. The Balaban J connectivity index is 1.64. The minimum absolute atomic E-state index is 0.00875. The molecule has 1 amide bonds. The minimum atomic E-state index is -0.886. The normalized spacial score (nSPS) is 16.5. The van der Waals surface area contributed by atoms with E-state index in [0.717, 1.165) is 40.6 Å². The summed E-state index contributed by atoms with van der Waals surface area (Å²) < 4.78 is 12.5. The number of aromatic nitrogens is 1. The van der Waals surface area contributed by atoms with Gasteiger partial charge in [-0.1, -0.05) is 49.3 Å². The first kappa shape index (κ1) is 28.4. The van der Waals surface area contributed by atoms with Crippen LogP contribution in [0, 0.1) is 13.8 Å². The molecule has 1 aromatic heterocycles. The van der Waals surface area contributed by atoms with Gasteiger partial charge in [0, 0.05) is 5.56 Å². The lowest BCUT2D eigenvalue weighted by Crippen LogP contribution is -2.29. The van der Waals surface area contributed by atoms with Gasteiger partial charge >= 0.3 is 5.91 Å². The number of benzene rings is 3. The van der Waals surface area contributed by atoms with Crippen molar-refractivity contribution < 1.29 is 24.2 Å². The Morgan fingerprint density at radius 1 is 0.976 bits per heavy atom. The van der Waals surface area contributed by atoms with Crippen LogP contribution in [0.1, 0.15) is 61.4 Å². The number of carbonyl (C=O) groups excluding carboxylic acids is 2. The van der Waals surface area contributed by atoms with E-state index in [1.807, 2.05) is 57.2 Å². The SMILES string of the molecule is CCCCCOc1cccc(C2/C(=C(\O)c3ccc(OCC)cc3)C(=O)C(=O)N2c2nc3c(C)cc(C)cc3s2)c1. The van der Waals surface area contributed by atoms with E-state index in [1.54, 1.807) is 24.3 Å². The quantitative estimate of drug-likeness (QED) is 0.0919. The van der Waals surface area contributed by atoms with Gasteiger partial charge in [-0.25, -0.2) is 4.98 Å². The molecule has 5 rings (SSSR count). The number of Topliss-reactive ketones (excluding diaryl/α,β-unsaturated/α-hetero) is 1. The minimum Gasteiger partial charge on any atom is -0.507 e. The van der Waals surface area contributed by atoms with Crippen LogP contribution in [0.2, 0.25) is 0 Å². The molecule has 0 radical (unpaired) electrons. The maximum atomic E-state index is 13.7. The summed E-state index contributed by atoms with van der Waals surface area (Å²) in [6.07, 6.45) is 3.09. The molecule has 1 aliphatic heterocycles. The van der Waals surface area contributed by atoms with Crippen molar-refractivity contribution in [1.82, 2.24) is 4.98 Å². The van der Waals surface area contributed by atoms with Crippen molar-refractivity contribution in [2.75, 3.05) is 18.1 Å². The number of hydrogen-bond acceptors (Lipinski definition) is 7. The van der Waals surface area contributed by atoms with Crippen molar-refractivity contribution in [2.45, 2.75) is 53.0 Å². The van der Waals surface area contributed by atoms with Gasteiger partial charge < -0.3 is 14.6 Å². The van der Waals surface area contributed by atoms with E-state index < -0.39 is 17.7 Å². The van der Waals surface area contributed by atoms with E-state index in [-0.39, 0.29) is 11.3 Å². The predicted octanol–water partition coefficient (Wildman–Crippen LogP) is 7.51. The number of aliphatic hydroxyl groups is 1. The summed E-state index contributed by atoms with van der Waals surface area (Å²) in [4.78, 5) is 33.5. The van der Waals surface area contributed by atoms with Crippen LogP contribution in [-0.2, 0) is 9.59 Å². The number of fused-ring (bicyclic) bond motifs is 1. The lowest BCUT2D eigenvalue weighted by Gasteiger charge is -2.23. The summed E-state index contributed by atoms with van der Waals surface area (Å²) >= 11 is 1.36. The maximum Gasteiger partial charge on any atom is 0.301 e. The smallest absolute Gasteiger partial charge is 0.301 e. The summed E-state index contributed by atoms with van der Waals surface area (Å²) in [5.74, 6) is -0.454. The summed E-state index contributed by atoms with van der Waals surface area (Å²) in [5.41, 5.74) is 3.95. The van der Waals surface area contributed by atoms with Crippen molar-refractivity contribution in [1.29, 1.82) is 0 Å². The van der Waals surface area contributed by atoms with E-state index in [4.69, 9.17) is 14.5 Å². The molecule has 1 N–H and O–H groups in total. The van der Waals surface area contributed by atoms with Crippen LogP contribution in [-0.4, -0.2) is 35.0 Å². The van der Waals surface area contributed by atoms with Gasteiger partial charge in [-0.2, -0.15) is 0 Å². The van der Waals surface area contributed by atoms with Crippen molar-refractivity contribution in [3.8, 4) is 11.5 Å². The number of amides is 1. The highest BCUT2D eigenvalue weighted by atomic mass is 32.1. The largest absolute Gasteiger partial charge is 0.507 e. The van der Waals surface area contributed by atoms with Gasteiger partial charge in [0.1, 0.15) is 17.3 Å². The Bertz CT molecular complexity index is 1620. The van der Waals surface area contributed by atoms with Gasteiger partial charge in [0.25, 0.3) is 5.78 Å². The van der Waals surface area contributed by atoms with Crippen molar-refractivity contribution in [3.05, 3.63) is 88.5 Å². The van der Waals surface area contributed by atoms with Crippen LogP contribution < -0.4 is 14.4 Å². The van der Waals surface area contributed by atoms with E-state index in [2.05, 4.69) is 6.92 Å². The first-order valence-electron chi connectivity index (χ1n) is 14.0. The number of anilines is 1. The molecule has 8 heteroatoms. The number of carbonyl (C=O) groups is 2. The summed E-state index contributed by atoms with van der Waals surface area (Å²) in [6, 6.07) is 17.4. The number of thiazole rings is 1. The van der Waals surface area contributed by atoms with Crippen LogP contribution in [0.5, 0.6) is 11.5 Å². The van der Waals surface area contributed by atoms with Crippen LogP contribution >= 0.6 is 11.3 Å². The van der Waals surface area contributed by atoms with Gasteiger partial charge in [-0.3, -0.25) is 14.5 Å². The van der Waals surface area contributed by atoms with Crippen molar-refractivity contribution in [2.24, 2.45) is 0 Å². The summed E-state index contributed by atoms with van der Waals surface area (Å²) in [6.45, 7) is 9.10. The highest BCUT2D eigenvalue weighted by Crippen LogP contribution is 2.45. The van der Waals surface area contributed by atoms with E-state index in [0.29, 0.717) is 41.0 Å². The number of ketones is 1. The van der Waals surface area contributed by atoms with Crippen molar-refractivity contribution >= 4 is 44.1 Å². The fraction of sp³-hybridized carbons (Fsp3) is 0.303. The first-order chi connectivity index (χ1) is 19.8.